The molecule has 4 heteroatoms. The van der Waals surface area contributed by atoms with E-state index in [4.69, 9.17) is 5.73 Å². The number of anilines is 1. The van der Waals surface area contributed by atoms with Crippen LogP contribution in [0.25, 0.3) is 0 Å². The molecule has 0 aliphatic rings. The van der Waals surface area contributed by atoms with Crippen molar-refractivity contribution in [3.63, 3.8) is 0 Å². The first kappa shape index (κ1) is 11.5. The van der Waals surface area contributed by atoms with E-state index in [2.05, 4.69) is 33.0 Å². The molecule has 0 unspecified atom stereocenters. The molecule has 2 nitrogen and oxygen atoms in total. The molecule has 1 heterocycles. The molecule has 1 aromatic carbocycles. The smallest absolute Gasteiger partial charge is 0.0964 e. The van der Waals surface area contributed by atoms with Gasteiger partial charge in [0, 0.05) is 10.2 Å². The molecule has 2 aromatic rings. The Bertz CT molecular complexity index is 408. The molecule has 0 radical (unpaired) electrons. The van der Waals surface area contributed by atoms with Gasteiger partial charge in [-0.3, -0.25) is 0 Å². The Kier molecular flexibility index (Phi) is 3.85. The Balaban J connectivity index is 1.97. The topological polar surface area (TPSA) is 38.9 Å². The van der Waals surface area contributed by atoms with Crippen LogP contribution < -0.4 is 5.73 Å². The zero-order chi connectivity index (χ0) is 11.4. The first-order valence-electron chi connectivity index (χ1n) is 4.83. The molecule has 0 amide bonds. The molecule has 1 aromatic heterocycles. The fourth-order valence-electron chi connectivity index (χ4n) is 1.22. The number of halogens is 1. The number of pyridine rings is 1. The molecule has 0 aliphatic heterocycles. The van der Waals surface area contributed by atoms with E-state index in [1.165, 1.54) is 5.56 Å². The van der Waals surface area contributed by atoms with Crippen molar-refractivity contribution in [2.75, 3.05) is 5.73 Å². The zero-order valence-corrected chi connectivity index (χ0v) is 11.0. The number of benzene rings is 1. The minimum absolute atomic E-state index is 0.702. The molecular formula is C12H11BrN2S. The van der Waals surface area contributed by atoms with Gasteiger partial charge in [0.05, 0.1) is 16.9 Å². The molecule has 0 fully saturated rings. The van der Waals surface area contributed by atoms with Gasteiger partial charge >= 0.3 is 0 Å². The van der Waals surface area contributed by atoms with Crippen molar-refractivity contribution in [2.24, 2.45) is 0 Å². The molecule has 82 valence electrons. The van der Waals surface area contributed by atoms with Crippen LogP contribution in [0.1, 0.15) is 5.56 Å². The number of aromatic nitrogens is 1. The fraction of sp³-hybridized carbons (Fsp3) is 0.0833. The highest BCUT2D eigenvalue weighted by Crippen LogP contribution is 2.22. The van der Waals surface area contributed by atoms with E-state index in [0.29, 0.717) is 5.69 Å². The van der Waals surface area contributed by atoms with Crippen LogP contribution in [0.5, 0.6) is 0 Å². The van der Waals surface area contributed by atoms with Crippen LogP contribution in [0.15, 0.2) is 52.1 Å². The molecule has 2 rings (SSSR count). The lowest BCUT2D eigenvalue weighted by Gasteiger charge is -2.01. The van der Waals surface area contributed by atoms with Gasteiger partial charge in [0.15, 0.2) is 0 Å². The first-order chi connectivity index (χ1) is 7.74. The highest BCUT2D eigenvalue weighted by molar-refractivity contribution is 9.10. The average molecular weight is 295 g/mol. The van der Waals surface area contributed by atoms with Gasteiger partial charge in [-0.2, -0.15) is 0 Å². The highest BCUT2D eigenvalue weighted by atomic mass is 79.9. The molecule has 0 saturated heterocycles. The lowest BCUT2D eigenvalue weighted by molar-refractivity contribution is 1.13. The summed E-state index contributed by atoms with van der Waals surface area (Å²) in [6.45, 7) is 0. The van der Waals surface area contributed by atoms with E-state index in [-0.39, 0.29) is 0 Å². The standard InChI is InChI=1S/C12H11BrN2S/c13-10-3-1-9(2-4-10)8-16-12-6-5-11(14)7-15-12/h1-7H,8,14H2. The summed E-state index contributed by atoms with van der Waals surface area (Å²) in [4.78, 5) is 4.24. The van der Waals surface area contributed by atoms with Crippen molar-refractivity contribution < 1.29 is 0 Å². The molecule has 16 heavy (non-hydrogen) atoms. The van der Waals surface area contributed by atoms with Gasteiger partial charge in [-0.15, -0.1) is 11.8 Å². The average Bonchev–Trinajstić information content (AvgIpc) is 2.30. The number of hydrogen-bond donors (Lipinski definition) is 1. The molecule has 2 N–H and O–H groups in total. The summed E-state index contributed by atoms with van der Waals surface area (Å²) < 4.78 is 1.10. The number of thioether (sulfide) groups is 1. The number of nitrogen functional groups attached to an aromatic ring is 1. The number of rotatable bonds is 3. The van der Waals surface area contributed by atoms with Gasteiger partial charge in [-0.05, 0) is 29.8 Å². The molecular weight excluding hydrogens is 284 g/mol. The number of hydrogen-bond acceptors (Lipinski definition) is 3. The largest absolute Gasteiger partial charge is 0.397 e. The predicted octanol–water partition coefficient (Wildman–Crippen LogP) is 3.72. The Labute approximate surface area is 107 Å². The Morgan fingerprint density at radius 1 is 1.12 bits per heavy atom. The third-order valence-electron chi connectivity index (χ3n) is 2.06. The van der Waals surface area contributed by atoms with Crippen molar-refractivity contribution in [3.8, 4) is 0 Å². The highest BCUT2D eigenvalue weighted by Gasteiger charge is 1.97. The van der Waals surface area contributed by atoms with Crippen molar-refractivity contribution in [3.05, 3.63) is 52.6 Å². The predicted molar refractivity (Wildman–Crippen MR) is 72.4 cm³/mol. The summed E-state index contributed by atoms with van der Waals surface area (Å²) in [5.41, 5.74) is 7.56. The van der Waals surface area contributed by atoms with Crippen LogP contribution in [0.2, 0.25) is 0 Å². The van der Waals surface area contributed by atoms with Gasteiger partial charge in [0.2, 0.25) is 0 Å². The summed E-state index contributed by atoms with van der Waals surface area (Å²) in [6.07, 6.45) is 1.68. The maximum atomic E-state index is 5.57. The van der Waals surface area contributed by atoms with E-state index in [0.717, 1.165) is 15.3 Å². The zero-order valence-electron chi connectivity index (χ0n) is 8.56. The molecule has 0 atom stereocenters. The summed E-state index contributed by atoms with van der Waals surface area (Å²) in [6, 6.07) is 12.1. The second kappa shape index (κ2) is 5.37. The molecule has 0 saturated carbocycles. The normalized spacial score (nSPS) is 10.3. The van der Waals surface area contributed by atoms with Gasteiger partial charge in [-0.1, -0.05) is 28.1 Å². The minimum Gasteiger partial charge on any atom is -0.397 e. The molecule has 0 spiro atoms. The van der Waals surface area contributed by atoms with Crippen molar-refractivity contribution in [2.45, 2.75) is 10.8 Å². The van der Waals surface area contributed by atoms with Gasteiger partial charge in [-0.25, -0.2) is 4.98 Å². The minimum atomic E-state index is 0.702. The SMILES string of the molecule is Nc1ccc(SCc2ccc(Br)cc2)nc1. The van der Waals surface area contributed by atoms with Crippen LogP contribution in [-0.2, 0) is 5.75 Å². The molecule has 0 bridgehead atoms. The Morgan fingerprint density at radius 2 is 1.88 bits per heavy atom. The maximum absolute atomic E-state index is 5.57. The number of nitrogens with zero attached hydrogens (tertiary/aromatic N) is 1. The van der Waals surface area contributed by atoms with Crippen molar-refractivity contribution in [1.29, 1.82) is 0 Å². The second-order valence-electron chi connectivity index (χ2n) is 3.34. The van der Waals surface area contributed by atoms with Crippen LogP contribution in [0, 0.1) is 0 Å². The first-order valence-corrected chi connectivity index (χ1v) is 6.61. The van der Waals surface area contributed by atoms with Crippen LogP contribution in [-0.4, -0.2) is 4.98 Å². The van der Waals surface area contributed by atoms with Crippen molar-refractivity contribution >= 4 is 33.4 Å². The van der Waals surface area contributed by atoms with Crippen LogP contribution >= 0.6 is 27.7 Å². The van der Waals surface area contributed by atoms with Crippen molar-refractivity contribution in [1.82, 2.24) is 4.98 Å². The Morgan fingerprint density at radius 3 is 2.50 bits per heavy atom. The second-order valence-corrected chi connectivity index (χ2v) is 5.26. The monoisotopic (exact) mass is 294 g/mol. The maximum Gasteiger partial charge on any atom is 0.0964 e. The third-order valence-corrected chi connectivity index (χ3v) is 3.60. The van der Waals surface area contributed by atoms with Gasteiger partial charge in [0.1, 0.15) is 0 Å². The van der Waals surface area contributed by atoms with E-state index >= 15 is 0 Å². The van der Waals surface area contributed by atoms with E-state index in [1.807, 2.05) is 24.3 Å². The van der Waals surface area contributed by atoms with Gasteiger partial charge < -0.3 is 5.73 Å². The summed E-state index contributed by atoms with van der Waals surface area (Å²) in [5, 5.41) is 0.997. The summed E-state index contributed by atoms with van der Waals surface area (Å²) in [5.74, 6) is 0.921. The summed E-state index contributed by atoms with van der Waals surface area (Å²) >= 11 is 5.12. The van der Waals surface area contributed by atoms with E-state index in [9.17, 15) is 0 Å². The van der Waals surface area contributed by atoms with Gasteiger partial charge in [0.25, 0.3) is 0 Å². The van der Waals surface area contributed by atoms with E-state index in [1.54, 1.807) is 18.0 Å². The number of nitrogens with two attached hydrogens (primary N) is 1. The Hall–Kier alpha value is -1.00. The fourth-order valence-corrected chi connectivity index (χ4v) is 2.28. The van der Waals surface area contributed by atoms with E-state index < -0.39 is 0 Å². The van der Waals surface area contributed by atoms with Crippen LogP contribution in [0.3, 0.4) is 0 Å². The molecule has 0 aliphatic carbocycles. The lowest BCUT2D eigenvalue weighted by atomic mass is 10.2. The summed E-state index contributed by atoms with van der Waals surface area (Å²) in [7, 11) is 0. The quantitative estimate of drug-likeness (QED) is 0.877. The lowest BCUT2D eigenvalue weighted by Crippen LogP contribution is -1.87. The third kappa shape index (κ3) is 3.25. The van der Waals surface area contributed by atoms with Crippen LogP contribution in [0.4, 0.5) is 5.69 Å².